The van der Waals surface area contributed by atoms with E-state index in [9.17, 15) is 8.42 Å². The largest absolute Gasteiger partial charge is 0.310 e. The molecule has 0 saturated heterocycles. The molecule has 116 valence electrons. The van der Waals surface area contributed by atoms with Gasteiger partial charge in [-0.15, -0.1) is 13.2 Å². The van der Waals surface area contributed by atoms with Crippen molar-refractivity contribution in [3.8, 4) is 0 Å². The predicted octanol–water partition coefficient (Wildman–Crippen LogP) is 2.55. The quantitative estimate of drug-likeness (QED) is 0.713. The molecule has 4 nitrogen and oxygen atoms in total. The zero-order valence-electron chi connectivity index (χ0n) is 12.7. The highest BCUT2D eigenvalue weighted by molar-refractivity contribution is 7.89. The first kappa shape index (κ1) is 17.6. The zero-order chi connectivity index (χ0) is 15.9. The predicted molar refractivity (Wildman–Crippen MR) is 87.6 cm³/mol. The summed E-state index contributed by atoms with van der Waals surface area (Å²) in [5.74, 6) is 0. The van der Waals surface area contributed by atoms with Gasteiger partial charge in [-0.25, -0.2) is 8.42 Å². The minimum Gasteiger partial charge on any atom is -0.310 e. The van der Waals surface area contributed by atoms with Crippen LogP contribution in [0, 0.1) is 0 Å². The highest BCUT2D eigenvalue weighted by atomic mass is 32.2. The van der Waals surface area contributed by atoms with E-state index in [4.69, 9.17) is 0 Å². The van der Waals surface area contributed by atoms with Crippen molar-refractivity contribution in [3.05, 3.63) is 55.1 Å². The maximum Gasteiger partial charge on any atom is 0.243 e. The Morgan fingerprint density at radius 2 is 1.67 bits per heavy atom. The van der Waals surface area contributed by atoms with Gasteiger partial charge < -0.3 is 5.32 Å². The van der Waals surface area contributed by atoms with Gasteiger partial charge in [0.1, 0.15) is 0 Å². The van der Waals surface area contributed by atoms with Crippen molar-refractivity contribution in [2.45, 2.75) is 31.3 Å². The molecule has 0 amide bonds. The summed E-state index contributed by atoms with van der Waals surface area (Å²) in [5, 5.41) is 3.30. The molecule has 0 bridgehead atoms. The summed E-state index contributed by atoms with van der Waals surface area (Å²) in [5.41, 5.74) is 1.06. The molecule has 0 aliphatic carbocycles. The summed E-state index contributed by atoms with van der Waals surface area (Å²) in [4.78, 5) is 0.291. The Hall–Kier alpha value is -1.43. The minimum absolute atomic E-state index is 0.269. The lowest BCUT2D eigenvalue weighted by molar-refractivity contribution is 0.474. The molecule has 0 aliphatic rings. The van der Waals surface area contributed by atoms with Crippen LogP contribution in [0.3, 0.4) is 0 Å². The molecule has 1 rings (SSSR count). The van der Waals surface area contributed by atoms with Gasteiger partial charge in [0, 0.05) is 25.7 Å². The Morgan fingerprint density at radius 1 is 1.14 bits per heavy atom. The van der Waals surface area contributed by atoms with Gasteiger partial charge in [-0.05, 0) is 17.7 Å². The fraction of sp³-hybridized carbons (Fsp3) is 0.375. The second-order valence-electron chi connectivity index (χ2n) is 5.08. The average molecular weight is 308 g/mol. The first-order chi connectivity index (χ1) is 9.91. The molecular formula is C16H24N2O2S. The van der Waals surface area contributed by atoms with E-state index in [1.807, 2.05) is 12.1 Å². The summed E-state index contributed by atoms with van der Waals surface area (Å²) >= 11 is 0. The van der Waals surface area contributed by atoms with Gasteiger partial charge in [0.25, 0.3) is 0 Å². The molecule has 0 unspecified atom stereocenters. The minimum atomic E-state index is -3.50. The Kier molecular flexibility index (Phi) is 6.81. The van der Waals surface area contributed by atoms with Crippen LogP contribution in [0.2, 0.25) is 0 Å². The Morgan fingerprint density at radius 3 is 2.10 bits per heavy atom. The Balaban J connectivity index is 2.92. The first-order valence-electron chi connectivity index (χ1n) is 6.96. The highest BCUT2D eigenvalue weighted by Crippen LogP contribution is 2.16. The first-order valence-corrected chi connectivity index (χ1v) is 8.40. The summed E-state index contributed by atoms with van der Waals surface area (Å²) in [7, 11) is -3.50. The number of nitrogens with zero attached hydrogens (tertiary/aromatic N) is 1. The van der Waals surface area contributed by atoms with Crippen LogP contribution >= 0.6 is 0 Å². The number of rotatable bonds is 9. The molecule has 0 heterocycles. The van der Waals surface area contributed by atoms with Crippen molar-refractivity contribution >= 4 is 10.0 Å². The van der Waals surface area contributed by atoms with Crippen LogP contribution in [0.15, 0.2) is 54.5 Å². The fourth-order valence-corrected chi connectivity index (χ4v) is 3.19. The molecule has 0 fully saturated rings. The molecule has 1 aromatic rings. The van der Waals surface area contributed by atoms with Crippen molar-refractivity contribution in [2.75, 3.05) is 13.1 Å². The summed E-state index contributed by atoms with van der Waals surface area (Å²) in [6.07, 6.45) is 3.14. The monoisotopic (exact) mass is 308 g/mol. The van der Waals surface area contributed by atoms with E-state index in [0.29, 0.717) is 10.9 Å². The third kappa shape index (κ3) is 5.12. The lowest BCUT2D eigenvalue weighted by Gasteiger charge is -2.19. The smallest absolute Gasteiger partial charge is 0.243 e. The van der Waals surface area contributed by atoms with Gasteiger partial charge >= 0.3 is 0 Å². The number of hydrogen-bond acceptors (Lipinski definition) is 3. The molecule has 0 saturated carbocycles. The van der Waals surface area contributed by atoms with E-state index in [0.717, 1.165) is 12.1 Å². The number of hydrogen-bond donors (Lipinski definition) is 1. The third-order valence-electron chi connectivity index (χ3n) is 2.94. The maximum absolute atomic E-state index is 12.5. The summed E-state index contributed by atoms with van der Waals surface area (Å²) in [6.45, 7) is 12.6. The highest BCUT2D eigenvalue weighted by Gasteiger charge is 2.22. The SMILES string of the molecule is C=CCN(CC=C)S(=O)(=O)c1ccc(CNC(C)C)cc1. The second-order valence-corrected chi connectivity index (χ2v) is 7.02. The molecule has 0 atom stereocenters. The van der Waals surface area contributed by atoms with Crippen molar-refractivity contribution in [3.63, 3.8) is 0 Å². The van der Waals surface area contributed by atoms with Gasteiger partial charge in [-0.1, -0.05) is 38.1 Å². The maximum atomic E-state index is 12.5. The van der Waals surface area contributed by atoms with E-state index in [1.165, 1.54) is 4.31 Å². The van der Waals surface area contributed by atoms with Crippen LogP contribution in [-0.2, 0) is 16.6 Å². The van der Waals surface area contributed by atoms with Crippen molar-refractivity contribution in [1.29, 1.82) is 0 Å². The van der Waals surface area contributed by atoms with E-state index >= 15 is 0 Å². The summed E-state index contributed by atoms with van der Waals surface area (Å²) in [6, 6.07) is 7.35. The topological polar surface area (TPSA) is 49.4 Å². The number of nitrogens with one attached hydrogen (secondary N) is 1. The lowest BCUT2D eigenvalue weighted by Crippen LogP contribution is -2.31. The molecule has 0 spiro atoms. The van der Waals surface area contributed by atoms with Crippen molar-refractivity contribution in [2.24, 2.45) is 0 Å². The van der Waals surface area contributed by atoms with Crippen molar-refractivity contribution in [1.82, 2.24) is 9.62 Å². The van der Waals surface area contributed by atoms with E-state index in [1.54, 1.807) is 24.3 Å². The van der Waals surface area contributed by atoms with Crippen LogP contribution in [0.1, 0.15) is 19.4 Å². The second kappa shape index (κ2) is 8.12. The zero-order valence-corrected chi connectivity index (χ0v) is 13.6. The number of sulfonamides is 1. The van der Waals surface area contributed by atoms with Gasteiger partial charge in [0.2, 0.25) is 10.0 Å². The molecule has 0 radical (unpaired) electrons. The molecule has 1 aromatic carbocycles. The van der Waals surface area contributed by atoms with E-state index in [2.05, 4.69) is 32.3 Å². The van der Waals surface area contributed by atoms with E-state index < -0.39 is 10.0 Å². The van der Waals surface area contributed by atoms with Gasteiger partial charge in [-0.3, -0.25) is 0 Å². The molecular weight excluding hydrogens is 284 g/mol. The van der Waals surface area contributed by atoms with Crippen LogP contribution in [0.4, 0.5) is 0 Å². The third-order valence-corrected chi connectivity index (χ3v) is 4.79. The van der Waals surface area contributed by atoms with Crippen LogP contribution in [0.25, 0.3) is 0 Å². The van der Waals surface area contributed by atoms with Crippen molar-refractivity contribution < 1.29 is 8.42 Å². The van der Waals surface area contributed by atoms with Gasteiger partial charge in [0.15, 0.2) is 0 Å². The summed E-state index contributed by atoms with van der Waals surface area (Å²) < 4.78 is 26.4. The molecule has 1 N–H and O–H groups in total. The number of benzene rings is 1. The van der Waals surface area contributed by atoms with Crippen LogP contribution < -0.4 is 5.32 Å². The molecule has 5 heteroatoms. The van der Waals surface area contributed by atoms with Gasteiger partial charge in [-0.2, -0.15) is 4.31 Å². The Labute approximate surface area is 128 Å². The molecule has 0 aliphatic heterocycles. The normalized spacial score (nSPS) is 11.8. The lowest BCUT2D eigenvalue weighted by atomic mass is 10.2. The van der Waals surface area contributed by atoms with Crippen LogP contribution in [-0.4, -0.2) is 31.9 Å². The molecule has 21 heavy (non-hydrogen) atoms. The average Bonchev–Trinajstić information content (AvgIpc) is 2.45. The Bertz CT molecular complexity index is 552. The van der Waals surface area contributed by atoms with Gasteiger partial charge in [0.05, 0.1) is 4.90 Å². The van der Waals surface area contributed by atoms with E-state index in [-0.39, 0.29) is 13.1 Å². The van der Waals surface area contributed by atoms with Crippen LogP contribution in [0.5, 0.6) is 0 Å². The molecule has 0 aromatic heterocycles. The standard InChI is InChI=1S/C16H24N2O2S/c1-5-11-18(12-6-2)21(19,20)16-9-7-15(8-10-16)13-17-14(3)4/h5-10,14,17H,1-2,11-13H2,3-4H3. The fourth-order valence-electron chi connectivity index (χ4n) is 1.81.